The van der Waals surface area contributed by atoms with Crippen LogP contribution < -0.4 is 10.4 Å². The highest BCUT2D eigenvalue weighted by Crippen LogP contribution is 2.15. The number of nitrogens with zero attached hydrogens (tertiary/aromatic N) is 2. The first-order valence-corrected chi connectivity index (χ1v) is 8.07. The highest BCUT2D eigenvalue weighted by molar-refractivity contribution is 5.75. The van der Waals surface area contributed by atoms with Gasteiger partial charge in [0.2, 0.25) is 5.62 Å². The highest BCUT2D eigenvalue weighted by atomic mass is 16.5. The molecule has 4 heteroatoms. The first-order chi connectivity index (χ1) is 11.2. The number of aromatic nitrogens is 2. The van der Waals surface area contributed by atoms with Crippen LogP contribution in [0, 0.1) is 11.3 Å². The Hall–Kier alpha value is -2.49. The van der Waals surface area contributed by atoms with E-state index in [1.807, 2.05) is 47.0 Å². The zero-order valence-electron chi connectivity index (χ0n) is 13.7. The molecule has 0 aliphatic rings. The number of hydrogen-bond donors (Lipinski definition) is 1. The van der Waals surface area contributed by atoms with Crippen LogP contribution in [0.2, 0.25) is 0 Å². The molecule has 1 N–H and O–H groups in total. The summed E-state index contributed by atoms with van der Waals surface area (Å²) in [6.07, 6.45) is 0. The molecule has 0 unspecified atom stereocenters. The smallest absolute Gasteiger partial charge is 0.203 e. The average molecular weight is 309 g/mol. The number of rotatable bonds is 6. The van der Waals surface area contributed by atoms with Crippen LogP contribution in [-0.2, 0) is 13.1 Å². The van der Waals surface area contributed by atoms with Crippen molar-refractivity contribution < 1.29 is 4.74 Å². The molecule has 0 radical (unpaired) electrons. The molecule has 0 aliphatic carbocycles. The fourth-order valence-corrected chi connectivity index (χ4v) is 2.84. The van der Waals surface area contributed by atoms with E-state index < -0.39 is 0 Å². The fraction of sp³-hybridized carbons (Fsp3) is 0.316. The van der Waals surface area contributed by atoms with Gasteiger partial charge in [-0.05, 0) is 30.2 Å². The van der Waals surface area contributed by atoms with Crippen LogP contribution in [0.1, 0.15) is 13.8 Å². The molecule has 0 fully saturated rings. The van der Waals surface area contributed by atoms with Gasteiger partial charge < -0.3 is 13.9 Å². The average Bonchev–Trinajstić information content (AvgIpc) is 2.81. The zero-order chi connectivity index (χ0) is 16.2. The molecule has 4 nitrogen and oxygen atoms in total. The lowest BCUT2D eigenvalue weighted by molar-refractivity contribution is 0.296. The molecular weight excluding hydrogens is 286 g/mol. The standard InChI is InChI=1S/C19H23N3O/c1-15(2)14-22-18-11-7-6-10-17(18)21(19(22)20)12-13-23-16-8-4-3-5-9-16/h3-11,15,20H,12-14H2,1-2H3. The molecule has 0 saturated carbocycles. The van der Waals surface area contributed by atoms with Gasteiger partial charge >= 0.3 is 0 Å². The van der Waals surface area contributed by atoms with Gasteiger partial charge in [-0.15, -0.1) is 0 Å². The van der Waals surface area contributed by atoms with Gasteiger partial charge in [0.1, 0.15) is 12.4 Å². The van der Waals surface area contributed by atoms with Crippen molar-refractivity contribution in [3.8, 4) is 5.75 Å². The first kappa shape index (κ1) is 15.4. The van der Waals surface area contributed by atoms with E-state index in [-0.39, 0.29) is 0 Å². The van der Waals surface area contributed by atoms with Gasteiger partial charge in [0.25, 0.3) is 0 Å². The third kappa shape index (κ3) is 3.31. The maximum absolute atomic E-state index is 8.52. The van der Waals surface area contributed by atoms with Gasteiger partial charge in [0.05, 0.1) is 17.6 Å². The van der Waals surface area contributed by atoms with Crippen molar-refractivity contribution in [3.05, 3.63) is 60.2 Å². The van der Waals surface area contributed by atoms with Gasteiger partial charge in [-0.1, -0.05) is 44.2 Å². The van der Waals surface area contributed by atoms with E-state index in [2.05, 4.69) is 30.5 Å². The Morgan fingerprint density at radius 2 is 1.52 bits per heavy atom. The number of hydrogen-bond acceptors (Lipinski definition) is 2. The summed E-state index contributed by atoms with van der Waals surface area (Å²) in [5.74, 6) is 1.37. The van der Waals surface area contributed by atoms with Crippen LogP contribution in [0.25, 0.3) is 11.0 Å². The fourth-order valence-electron chi connectivity index (χ4n) is 2.84. The second-order valence-electron chi connectivity index (χ2n) is 6.13. The van der Waals surface area contributed by atoms with Crippen molar-refractivity contribution in [2.24, 2.45) is 5.92 Å². The number of para-hydroxylation sites is 3. The second-order valence-corrected chi connectivity index (χ2v) is 6.13. The van der Waals surface area contributed by atoms with Crippen molar-refractivity contribution in [2.75, 3.05) is 6.61 Å². The largest absolute Gasteiger partial charge is 0.492 e. The molecule has 1 aromatic heterocycles. The quantitative estimate of drug-likeness (QED) is 0.742. The Bertz CT molecular complexity index is 831. The van der Waals surface area contributed by atoms with Crippen molar-refractivity contribution in [3.63, 3.8) is 0 Å². The lowest BCUT2D eigenvalue weighted by atomic mass is 10.2. The third-order valence-electron chi connectivity index (χ3n) is 3.85. The minimum absolute atomic E-state index is 0.504. The van der Waals surface area contributed by atoms with Gasteiger partial charge in [-0.25, -0.2) is 0 Å². The van der Waals surface area contributed by atoms with E-state index in [1.165, 1.54) is 0 Å². The van der Waals surface area contributed by atoms with Gasteiger partial charge in [0.15, 0.2) is 0 Å². The molecule has 3 aromatic rings. The van der Waals surface area contributed by atoms with E-state index in [9.17, 15) is 0 Å². The molecule has 1 heterocycles. The van der Waals surface area contributed by atoms with Crippen molar-refractivity contribution in [1.29, 1.82) is 5.41 Å². The summed E-state index contributed by atoms with van der Waals surface area (Å²) in [6, 6.07) is 18.0. The molecule has 2 aromatic carbocycles. The Kier molecular flexibility index (Phi) is 4.51. The molecular formula is C19H23N3O. The summed E-state index contributed by atoms with van der Waals surface area (Å²) in [7, 11) is 0. The van der Waals surface area contributed by atoms with Gasteiger partial charge in [-0.2, -0.15) is 0 Å². The monoisotopic (exact) mass is 309 g/mol. The number of benzene rings is 2. The second kappa shape index (κ2) is 6.73. The molecule has 0 bridgehead atoms. The lowest BCUT2D eigenvalue weighted by Gasteiger charge is -2.08. The summed E-state index contributed by atoms with van der Waals surface area (Å²) in [6.45, 7) is 6.43. The summed E-state index contributed by atoms with van der Waals surface area (Å²) in [5, 5.41) is 8.52. The molecule has 120 valence electrons. The predicted octanol–water partition coefficient (Wildman–Crippen LogP) is 3.66. The summed E-state index contributed by atoms with van der Waals surface area (Å²) in [5.41, 5.74) is 2.75. The SMILES string of the molecule is CC(C)Cn1c(=N)n(CCOc2ccccc2)c2ccccc21. The Labute approximate surface area is 136 Å². The molecule has 3 rings (SSSR count). The summed E-state index contributed by atoms with van der Waals surface area (Å²) >= 11 is 0. The summed E-state index contributed by atoms with van der Waals surface area (Å²) in [4.78, 5) is 0. The Morgan fingerprint density at radius 3 is 2.17 bits per heavy atom. The van der Waals surface area contributed by atoms with Crippen LogP contribution in [0.15, 0.2) is 54.6 Å². The van der Waals surface area contributed by atoms with E-state index in [4.69, 9.17) is 10.1 Å². The lowest BCUT2D eigenvalue weighted by Crippen LogP contribution is -2.27. The molecule has 0 aliphatic heterocycles. The minimum atomic E-state index is 0.504. The van der Waals surface area contributed by atoms with E-state index in [1.54, 1.807) is 0 Å². The van der Waals surface area contributed by atoms with Crippen molar-refractivity contribution in [2.45, 2.75) is 26.9 Å². The van der Waals surface area contributed by atoms with Gasteiger partial charge in [0, 0.05) is 6.54 Å². The topological polar surface area (TPSA) is 42.9 Å². The number of nitrogens with one attached hydrogen (secondary N) is 1. The molecule has 0 atom stereocenters. The minimum Gasteiger partial charge on any atom is -0.492 e. The third-order valence-corrected chi connectivity index (χ3v) is 3.85. The van der Waals surface area contributed by atoms with Gasteiger partial charge in [-0.3, -0.25) is 5.41 Å². The van der Waals surface area contributed by atoms with E-state index in [0.29, 0.717) is 24.7 Å². The Morgan fingerprint density at radius 1 is 0.913 bits per heavy atom. The van der Waals surface area contributed by atoms with E-state index >= 15 is 0 Å². The van der Waals surface area contributed by atoms with E-state index in [0.717, 1.165) is 23.3 Å². The molecule has 0 saturated heterocycles. The number of ether oxygens (including phenoxy) is 1. The normalized spacial score (nSPS) is 11.3. The molecule has 23 heavy (non-hydrogen) atoms. The van der Waals surface area contributed by atoms with Crippen molar-refractivity contribution >= 4 is 11.0 Å². The highest BCUT2D eigenvalue weighted by Gasteiger charge is 2.11. The van der Waals surface area contributed by atoms with Crippen LogP contribution in [-0.4, -0.2) is 15.7 Å². The first-order valence-electron chi connectivity index (χ1n) is 8.07. The number of fused-ring (bicyclic) bond motifs is 1. The molecule has 0 spiro atoms. The summed E-state index contributed by atoms with van der Waals surface area (Å²) < 4.78 is 9.91. The zero-order valence-corrected chi connectivity index (χ0v) is 13.7. The predicted molar refractivity (Wildman–Crippen MR) is 92.6 cm³/mol. The van der Waals surface area contributed by atoms with Crippen LogP contribution in [0.5, 0.6) is 5.75 Å². The maximum atomic E-state index is 8.52. The van der Waals surface area contributed by atoms with Crippen LogP contribution in [0.4, 0.5) is 0 Å². The number of imidazole rings is 1. The van der Waals surface area contributed by atoms with Crippen LogP contribution >= 0.6 is 0 Å². The molecule has 0 amide bonds. The Balaban J connectivity index is 1.85. The van der Waals surface area contributed by atoms with Crippen molar-refractivity contribution in [1.82, 2.24) is 9.13 Å². The van der Waals surface area contributed by atoms with Crippen LogP contribution in [0.3, 0.4) is 0 Å². The maximum Gasteiger partial charge on any atom is 0.203 e.